The molecule has 0 aliphatic heterocycles. The van der Waals surface area contributed by atoms with Crippen molar-refractivity contribution >= 4 is 28.9 Å². The van der Waals surface area contributed by atoms with Crippen LogP contribution in [-0.2, 0) is 0 Å². The SMILES string of the molecule is CCCN(C(=O)c1ccc(Cl)c(F)c1)c1ccccc1N. The van der Waals surface area contributed by atoms with Crippen molar-refractivity contribution < 1.29 is 9.18 Å². The van der Waals surface area contributed by atoms with Gasteiger partial charge in [0.05, 0.1) is 16.4 Å². The van der Waals surface area contributed by atoms with E-state index in [2.05, 4.69) is 0 Å². The molecule has 0 aliphatic rings. The molecule has 2 aromatic carbocycles. The van der Waals surface area contributed by atoms with Gasteiger partial charge in [-0.3, -0.25) is 4.79 Å². The van der Waals surface area contributed by atoms with E-state index in [1.54, 1.807) is 23.1 Å². The number of hydrogen-bond donors (Lipinski definition) is 1. The number of nitrogen functional groups attached to an aromatic ring is 1. The number of nitrogens with two attached hydrogens (primary N) is 1. The summed E-state index contributed by atoms with van der Waals surface area (Å²) in [4.78, 5) is 14.2. The summed E-state index contributed by atoms with van der Waals surface area (Å²) in [6.07, 6.45) is 0.760. The molecule has 0 unspecified atom stereocenters. The molecule has 0 fully saturated rings. The van der Waals surface area contributed by atoms with Crippen LogP contribution in [0.15, 0.2) is 42.5 Å². The summed E-state index contributed by atoms with van der Waals surface area (Å²) in [5.41, 5.74) is 7.31. The van der Waals surface area contributed by atoms with E-state index in [1.807, 2.05) is 13.0 Å². The molecule has 21 heavy (non-hydrogen) atoms. The summed E-state index contributed by atoms with van der Waals surface area (Å²) in [6, 6.07) is 11.1. The monoisotopic (exact) mass is 306 g/mol. The molecular weight excluding hydrogens is 291 g/mol. The Hall–Kier alpha value is -2.07. The van der Waals surface area contributed by atoms with Gasteiger partial charge in [0.2, 0.25) is 0 Å². The standard InChI is InChI=1S/C16H16ClFN2O/c1-2-9-20(15-6-4-3-5-14(15)19)16(21)11-7-8-12(17)13(18)10-11/h3-8,10H,2,9,19H2,1H3. The number of para-hydroxylation sites is 2. The number of carbonyl (C=O) groups excluding carboxylic acids is 1. The summed E-state index contributed by atoms with van der Waals surface area (Å²) in [5.74, 6) is -0.912. The van der Waals surface area contributed by atoms with E-state index in [0.29, 0.717) is 17.9 Å². The van der Waals surface area contributed by atoms with Crippen LogP contribution >= 0.6 is 11.6 Å². The first-order valence-electron chi connectivity index (χ1n) is 6.66. The Balaban J connectivity index is 2.40. The number of hydrogen-bond acceptors (Lipinski definition) is 2. The maximum Gasteiger partial charge on any atom is 0.258 e. The van der Waals surface area contributed by atoms with Crippen LogP contribution in [0.25, 0.3) is 0 Å². The lowest BCUT2D eigenvalue weighted by molar-refractivity contribution is 0.0986. The molecule has 110 valence electrons. The van der Waals surface area contributed by atoms with Gasteiger partial charge in [-0.25, -0.2) is 4.39 Å². The van der Waals surface area contributed by atoms with Gasteiger partial charge in [0.25, 0.3) is 5.91 Å². The van der Waals surface area contributed by atoms with Crippen LogP contribution in [0.1, 0.15) is 23.7 Å². The first-order chi connectivity index (χ1) is 10.0. The highest BCUT2D eigenvalue weighted by molar-refractivity contribution is 6.30. The molecule has 2 N–H and O–H groups in total. The predicted molar refractivity (Wildman–Crippen MR) is 84.2 cm³/mol. The fourth-order valence-electron chi connectivity index (χ4n) is 2.07. The van der Waals surface area contributed by atoms with Crippen molar-refractivity contribution in [2.45, 2.75) is 13.3 Å². The molecule has 0 atom stereocenters. The Kier molecular flexibility index (Phi) is 4.81. The third-order valence-corrected chi connectivity index (χ3v) is 3.39. The smallest absolute Gasteiger partial charge is 0.258 e. The van der Waals surface area contributed by atoms with Crippen LogP contribution in [0.5, 0.6) is 0 Å². The fourth-order valence-corrected chi connectivity index (χ4v) is 2.19. The van der Waals surface area contributed by atoms with Gasteiger partial charge in [-0.15, -0.1) is 0 Å². The van der Waals surface area contributed by atoms with E-state index < -0.39 is 5.82 Å². The molecule has 0 bridgehead atoms. The molecule has 0 saturated heterocycles. The largest absolute Gasteiger partial charge is 0.397 e. The second kappa shape index (κ2) is 6.59. The number of halogens is 2. The van der Waals surface area contributed by atoms with Crippen LogP contribution in [0.3, 0.4) is 0 Å². The zero-order valence-electron chi connectivity index (χ0n) is 11.6. The molecule has 0 radical (unpaired) electrons. The Labute approximate surface area is 128 Å². The molecule has 0 aromatic heterocycles. The second-order valence-electron chi connectivity index (χ2n) is 4.64. The zero-order chi connectivity index (χ0) is 15.4. The number of rotatable bonds is 4. The predicted octanol–water partition coefficient (Wildman–Crippen LogP) is 4.12. The summed E-state index contributed by atoms with van der Waals surface area (Å²) >= 11 is 5.65. The van der Waals surface area contributed by atoms with E-state index in [1.165, 1.54) is 12.1 Å². The van der Waals surface area contributed by atoms with E-state index in [4.69, 9.17) is 17.3 Å². The molecule has 2 aromatic rings. The van der Waals surface area contributed by atoms with Gasteiger partial charge in [0.1, 0.15) is 5.82 Å². The lowest BCUT2D eigenvalue weighted by atomic mass is 10.1. The van der Waals surface area contributed by atoms with Crippen molar-refractivity contribution in [3.63, 3.8) is 0 Å². The van der Waals surface area contributed by atoms with Gasteiger partial charge >= 0.3 is 0 Å². The minimum absolute atomic E-state index is 0.00665. The maximum absolute atomic E-state index is 13.5. The van der Waals surface area contributed by atoms with Gasteiger partial charge < -0.3 is 10.6 Å². The van der Waals surface area contributed by atoms with Crippen molar-refractivity contribution in [2.75, 3.05) is 17.2 Å². The zero-order valence-corrected chi connectivity index (χ0v) is 12.4. The third-order valence-electron chi connectivity index (χ3n) is 3.09. The van der Waals surface area contributed by atoms with Gasteiger partial charge in [0.15, 0.2) is 0 Å². The molecular formula is C16H16ClFN2O. The minimum atomic E-state index is -0.611. The molecule has 1 amide bonds. The van der Waals surface area contributed by atoms with E-state index in [0.717, 1.165) is 12.5 Å². The third kappa shape index (κ3) is 3.34. The summed E-state index contributed by atoms with van der Waals surface area (Å²) in [7, 11) is 0. The first kappa shape index (κ1) is 15.3. The highest BCUT2D eigenvalue weighted by Crippen LogP contribution is 2.25. The minimum Gasteiger partial charge on any atom is -0.397 e. The van der Waals surface area contributed by atoms with Crippen molar-refractivity contribution in [1.82, 2.24) is 0 Å². The van der Waals surface area contributed by atoms with E-state index in [9.17, 15) is 9.18 Å². The molecule has 0 aliphatic carbocycles. The number of benzene rings is 2. The second-order valence-corrected chi connectivity index (χ2v) is 5.05. The van der Waals surface area contributed by atoms with Crippen molar-refractivity contribution in [3.05, 3.63) is 58.9 Å². The number of nitrogens with zero attached hydrogens (tertiary/aromatic N) is 1. The average Bonchev–Trinajstić information content (AvgIpc) is 2.48. The quantitative estimate of drug-likeness (QED) is 0.864. The van der Waals surface area contributed by atoms with Gasteiger partial charge in [-0.05, 0) is 36.8 Å². The Morgan fingerprint density at radius 3 is 2.62 bits per heavy atom. The molecule has 2 rings (SSSR count). The van der Waals surface area contributed by atoms with Crippen molar-refractivity contribution in [1.29, 1.82) is 0 Å². The average molecular weight is 307 g/mol. The van der Waals surface area contributed by atoms with Gasteiger partial charge in [0, 0.05) is 12.1 Å². The molecule has 3 nitrogen and oxygen atoms in total. The van der Waals surface area contributed by atoms with Gasteiger partial charge in [-0.2, -0.15) is 0 Å². The molecule has 0 spiro atoms. The lowest BCUT2D eigenvalue weighted by Gasteiger charge is -2.24. The van der Waals surface area contributed by atoms with E-state index in [-0.39, 0.29) is 16.5 Å². The van der Waals surface area contributed by atoms with Crippen LogP contribution < -0.4 is 10.6 Å². The summed E-state index contributed by atoms with van der Waals surface area (Å²) < 4.78 is 13.5. The number of amides is 1. The maximum atomic E-state index is 13.5. The fraction of sp³-hybridized carbons (Fsp3) is 0.188. The summed E-state index contributed by atoms with van der Waals surface area (Å²) in [5, 5.41) is -0.00665. The van der Waals surface area contributed by atoms with Crippen LogP contribution in [0.4, 0.5) is 15.8 Å². The molecule has 0 heterocycles. The highest BCUT2D eigenvalue weighted by atomic mass is 35.5. The Bertz CT molecular complexity index is 660. The van der Waals surface area contributed by atoms with E-state index >= 15 is 0 Å². The van der Waals surface area contributed by atoms with Crippen LogP contribution in [0, 0.1) is 5.82 Å². The first-order valence-corrected chi connectivity index (χ1v) is 7.03. The number of anilines is 2. The highest BCUT2D eigenvalue weighted by Gasteiger charge is 2.19. The summed E-state index contributed by atoms with van der Waals surface area (Å²) in [6.45, 7) is 2.46. The molecule has 5 heteroatoms. The molecule has 0 saturated carbocycles. The topological polar surface area (TPSA) is 46.3 Å². The lowest BCUT2D eigenvalue weighted by Crippen LogP contribution is -2.32. The van der Waals surface area contributed by atoms with Gasteiger partial charge in [-0.1, -0.05) is 30.7 Å². The van der Waals surface area contributed by atoms with Crippen LogP contribution in [0.2, 0.25) is 5.02 Å². The normalized spacial score (nSPS) is 10.4. The van der Waals surface area contributed by atoms with Crippen LogP contribution in [-0.4, -0.2) is 12.5 Å². The number of carbonyl (C=O) groups is 1. The van der Waals surface area contributed by atoms with Crippen molar-refractivity contribution in [2.24, 2.45) is 0 Å². The Morgan fingerprint density at radius 1 is 1.29 bits per heavy atom. The van der Waals surface area contributed by atoms with Crippen molar-refractivity contribution in [3.8, 4) is 0 Å². The Morgan fingerprint density at radius 2 is 2.00 bits per heavy atom.